The summed E-state index contributed by atoms with van der Waals surface area (Å²) in [5.41, 5.74) is 1.55. The summed E-state index contributed by atoms with van der Waals surface area (Å²) in [6.45, 7) is 7.70. The van der Waals surface area contributed by atoms with Gasteiger partial charge in [-0.05, 0) is 33.3 Å². The molecule has 0 bridgehead atoms. The number of nitrogens with zero attached hydrogens (tertiary/aromatic N) is 1. The van der Waals surface area contributed by atoms with Gasteiger partial charge in [-0.15, -0.1) is 0 Å². The van der Waals surface area contributed by atoms with E-state index in [-0.39, 0.29) is 23.7 Å². The molecule has 0 heterocycles. The highest BCUT2D eigenvalue weighted by molar-refractivity contribution is 5.81. The Balaban J connectivity index is 2.69. The molecule has 0 radical (unpaired) electrons. The van der Waals surface area contributed by atoms with Crippen LogP contribution < -0.4 is 10.6 Å². The van der Waals surface area contributed by atoms with Crippen molar-refractivity contribution < 1.29 is 9.72 Å². The molecule has 0 saturated carbocycles. The lowest BCUT2D eigenvalue weighted by Gasteiger charge is -2.16. The second kappa shape index (κ2) is 7.00. The maximum Gasteiger partial charge on any atom is 0.272 e. The molecule has 0 spiro atoms. The zero-order valence-electron chi connectivity index (χ0n) is 12.3. The molecule has 6 heteroatoms. The van der Waals surface area contributed by atoms with Crippen molar-refractivity contribution in [3.8, 4) is 0 Å². The first-order valence-electron chi connectivity index (χ1n) is 6.59. The highest BCUT2D eigenvalue weighted by atomic mass is 16.6. The molecule has 20 heavy (non-hydrogen) atoms. The summed E-state index contributed by atoms with van der Waals surface area (Å²) in [5, 5.41) is 16.8. The summed E-state index contributed by atoms with van der Waals surface area (Å²) in [4.78, 5) is 22.2. The maximum absolute atomic E-state index is 11.8. The van der Waals surface area contributed by atoms with Crippen molar-refractivity contribution in [2.75, 3.05) is 0 Å². The number of rotatable bonds is 6. The number of nitrogens with one attached hydrogen (secondary N) is 2. The summed E-state index contributed by atoms with van der Waals surface area (Å²) in [6, 6.07) is 4.69. The number of nitro benzene ring substituents is 1. The average Bonchev–Trinajstić information content (AvgIpc) is 2.35. The van der Waals surface area contributed by atoms with Gasteiger partial charge in [0.2, 0.25) is 5.91 Å². The fraction of sp³-hybridized carbons (Fsp3) is 0.500. The Labute approximate surface area is 118 Å². The van der Waals surface area contributed by atoms with E-state index in [9.17, 15) is 14.9 Å². The lowest BCUT2D eigenvalue weighted by molar-refractivity contribution is -0.385. The molecule has 1 amide bonds. The number of amides is 1. The molecule has 1 rings (SSSR count). The molecule has 0 saturated heterocycles. The summed E-state index contributed by atoms with van der Waals surface area (Å²) in [6.07, 6.45) is 0. The first-order valence-corrected chi connectivity index (χ1v) is 6.59. The third-order valence-corrected chi connectivity index (χ3v) is 3.04. The van der Waals surface area contributed by atoms with Crippen LogP contribution in [0.2, 0.25) is 0 Å². The van der Waals surface area contributed by atoms with Gasteiger partial charge in [0.1, 0.15) is 0 Å². The number of carbonyl (C=O) groups is 1. The van der Waals surface area contributed by atoms with Gasteiger partial charge in [0.05, 0.1) is 11.0 Å². The molecule has 110 valence electrons. The SMILES string of the molecule is Cc1c(CNC(C)C(=O)NC(C)C)cccc1[N+](=O)[O-]. The molecule has 0 aliphatic carbocycles. The van der Waals surface area contributed by atoms with Crippen molar-refractivity contribution in [2.45, 2.75) is 46.3 Å². The number of hydrogen-bond donors (Lipinski definition) is 2. The molecular weight excluding hydrogens is 258 g/mol. The van der Waals surface area contributed by atoms with Crippen molar-refractivity contribution >= 4 is 11.6 Å². The smallest absolute Gasteiger partial charge is 0.272 e. The third-order valence-electron chi connectivity index (χ3n) is 3.04. The van der Waals surface area contributed by atoms with Crippen LogP contribution in [0.1, 0.15) is 31.9 Å². The topological polar surface area (TPSA) is 84.3 Å². The minimum atomic E-state index is -0.395. The van der Waals surface area contributed by atoms with Gasteiger partial charge in [-0.2, -0.15) is 0 Å². The molecule has 6 nitrogen and oxygen atoms in total. The van der Waals surface area contributed by atoms with Crippen LogP contribution in [0.5, 0.6) is 0 Å². The van der Waals surface area contributed by atoms with E-state index in [1.165, 1.54) is 6.07 Å². The Morgan fingerprint density at radius 3 is 2.55 bits per heavy atom. The Bertz CT molecular complexity index is 500. The van der Waals surface area contributed by atoms with Crippen molar-refractivity contribution in [2.24, 2.45) is 0 Å². The van der Waals surface area contributed by atoms with Crippen LogP contribution in [0.25, 0.3) is 0 Å². The van der Waals surface area contributed by atoms with E-state index >= 15 is 0 Å². The van der Waals surface area contributed by atoms with Crippen LogP contribution in [0.4, 0.5) is 5.69 Å². The van der Waals surface area contributed by atoms with E-state index in [1.54, 1.807) is 19.9 Å². The van der Waals surface area contributed by atoms with E-state index in [1.807, 2.05) is 19.9 Å². The number of carbonyl (C=O) groups excluding carboxylic acids is 1. The van der Waals surface area contributed by atoms with Crippen molar-refractivity contribution in [1.82, 2.24) is 10.6 Å². The van der Waals surface area contributed by atoms with Gasteiger partial charge in [0.15, 0.2) is 0 Å². The Hall–Kier alpha value is -1.95. The highest BCUT2D eigenvalue weighted by Crippen LogP contribution is 2.20. The predicted octanol–water partition coefficient (Wildman–Crippen LogP) is 1.91. The second-order valence-corrected chi connectivity index (χ2v) is 5.08. The molecule has 0 aliphatic rings. The van der Waals surface area contributed by atoms with E-state index in [2.05, 4.69) is 10.6 Å². The minimum Gasteiger partial charge on any atom is -0.353 e. The largest absolute Gasteiger partial charge is 0.353 e. The van der Waals surface area contributed by atoms with E-state index in [0.717, 1.165) is 5.56 Å². The first kappa shape index (κ1) is 16.1. The van der Waals surface area contributed by atoms with Gasteiger partial charge < -0.3 is 10.6 Å². The molecular formula is C14H21N3O3. The third kappa shape index (κ3) is 4.31. The van der Waals surface area contributed by atoms with Crippen LogP contribution in [0, 0.1) is 17.0 Å². The van der Waals surface area contributed by atoms with Crippen molar-refractivity contribution in [1.29, 1.82) is 0 Å². The fourth-order valence-corrected chi connectivity index (χ4v) is 1.82. The van der Waals surface area contributed by atoms with Gasteiger partial charge in [-0.1, -0.05) is 12.1 Å². The quantitative estimate of drug-likeness (QED) is 0.615. The molecule has 1 unspecified atom stereocenters. The van der Waals surface area contributed by atoms with Crippen LogP contribution >= 0.6 is 0 Å². The van der Waals surface area contributed by atoms with Crippen molar-refractivity contribution in [3.63, 3.8) is 0 Å². The Morgan fingerprint density at radius 1 is 1.35 bits per heavy atom. The van der Waals surface area contributed by atoms with Crippen LogP contribution in [-0.2, 0) is 11.3 Å². The zero-order chi connectivity index (χ0) is 15.3. The summed E-state index contributed by atoms with van der Waals surface area (Å²) in [5.74, 6) is -0.0805. The van der Waals surface area contributed by atoms with Crippen molar-refractivity contribution in [3.05, 3.63) is 39.4 Å². The summed E-state index contributed by atoms with van der Waals surface area (Å²) >= 11 is 0. The monoisotopic (exact) mass is 279 g/mol. The Morgan fingerprint density at radius 2 is 2.00 bits per heavy atom. The van der Waals surface area contributed by atoms with E-state index in [4.69, 9.17) is 0 Å². The predicted molar refractivity (Wildman–Crippen MR) is 77.4 cm³/mol. The molecule has 1 aromatic rings. The summed E-state index contributed by atoms with van der Waals surface area (Å²) in [7, 11) is 0. The lowest BCUT2D eigenvalue weighted by atomic mass is 10.1. The molecule has 2 N–H and O–H groups in total. The number of nitro groups is 1. The standard InChI is InChI=1S/C14H21N3O3/c1-9(2)16-14(18)11(4)15-8-12-6-5-7-13(10(12)3)17(19)20/h5-7,9,11,15H,8H2,1-4H3,(H,16,18). The van der Waals surface area contributed by atoms with Crippen LogP contribution in [0.15, 0.2) is 18.2 Å². The first-order chi connectivity index (χ1) is 9.32. The van der Waals surface area contributed by atoms with Gasteiger partial charge in [0, 0.05) is 24.2 Å². The number of benzene rings is 1. The molecule has 0 aromatic heterocycles. The number of hydrogen-bond acceptors (Lipinski definition) is 4. The molecule has 0 aliphatic heterocycles. The minimum absolute atomic E-state index is 0.0805. The van der Waals surface area contributed by atoms with Gasteiger partial charge in [0.25, 0.3) is 5.69 Å². The van der Waals surface area contributed by atoms with Crippen LogP contribution in [-0.4, -0.2) is 22.9 Å². The Kier molecular flexibility index (Phi) is 5.64. The van der Waals surface area contributed by atoms with E-state index in [0.29, 0.717) is 12.1 Å². The molecule has 0 fully saturated rings. The summed E-state index contributed by atoms with van der Waals surface area (Å²) < 4.78 is 0. The second-order valence-electron chi connectivity index (χ2n) is 5.08. The van der Waals surface area contributed by atoms with Gasteiger partial charge in [-0.25, -0.2) is 0 Å². The van der Waals surface area contributed by atoms with Gasteiger partial charge >= 0.3 is 0 Å². The molecule has 1 atom stereocenters. The van der Waals surface area contributed by atoms with Crippen LogP contribution in [0.3, 0.4) is 0 Å². The zero-order valence-corrected chi connectivity index (χ0v) is 12.3. The maximum atomic E-state index is 11.8. The van der Waals surface area contributed by atoms with E-state index < -0.39 is 4.92 Å². The normalized spacial score (nSPS) is 12.2. The average molecular weight is 279 g/mol. The highest BCUT2D eigenvalue weighted by Gasteiger charge is 2.16. The molecule has 1 aromatic carbocycles. The fourth-order valence-electron chi connectivity index (χ4n) is 1.82. The van der Waals surface area contributed by atoms with Gasteiger partial charge in [-0.3, -0.25) is 14.9 Å². The lowest BCUT2D eigenvalue weighted by Crippen LogP contribution is -2.44.